The van der Waals surface area contributed by atoms with Crippen molar-refractivity contribution in [2.45, 2.75) is 13.8 Å². The summed E-state index contributed by atoms with van der Waals surface area (Å²) in [4.78, 5) is 10.6. The monoisotopic (exact) mass is 155 g/mol. The van der Waals surface area contributed by atoms with E-state index in [-0.39, 0.29) is 5.97 Å². The van der Waals surface area contributed by atoms with Crippen LogP contribution in [0.1, 0.15) is 13.8 Å². The largest absolute Gasteiger partial charge is 0.463 e. The molecule has 0 fully saturated rings. The van der Waals surface area contributed by atoms with Crippen LogP contribution in [0.25, 0.3) is 0 Å². The molecule has 0 aliphatic carbocycles. The Hall–Kier alpha value is -1.25. The third-order valence-electron chi connectivity index (χ3n) is 0.878. The summed E-state index contributed by atoms with van der Waals surface area (Å²) in [6.45, 7) is 3.90. The van der Waals surface area contributed by atoms with Crippen molar-refractivity contribution in [3.05, 3.63) is 23.9 Å². The molecule has 0 rings (SSSR count). The number of nitrogens with two attached hydrogens (primary N) is 1. The zero-order valence-electron chi connectivity index (χ0n) is 6.83. The van der Waals surface area contributed by atoms with Gasteiger partial charge in [-0.25, -0.2) is 4.79 Å². The Morgan fingerprint density at radius 3 is 2.73 bits per heavy atom. The summed E-state index contributed by atoms with van der Waals surface area (Å²) in [6.07, 6.45) is 4.53. The van der Waals surface area contributed by atoms with E-state index in [0.717, 1.165) is 0 Å². The van der Waals surface area contributed by atoms with Crippen molar-refractivity contribution < 1.29 is 9.53 Å². The zero-order chi connectivity index (χ0) is 8.69. The van der Waals surface area contributed by atoms with Crippen LogP contribution in [0.3, 0.4) is 0 Å². The maximum Gasteiger partial charge on any atom is 0.330 e. The molecule has 3 nitrogen and oxygen atoms in total. The second-order valence-corrected chi connectivity index (χ2v) is 2.02. The zero-order valence-corrected chi connectivity index (χ0v) is 6.83. The average Bonchev–Trinajstić information content (AvgIpc) is 1.87. The Morgan fingerprint density at radius 2 is 2.27 bits per heavy atom. The van der Waals surface area contributed by atoms with Gasteiger partial charge < -0.3 is 10.5 Å². The molecule has 0 aromatic carbocycles. The maximum absolute atomic E-state index is 10.6. The molecular formula is C8H13NO2. The number of hydrogen-bond acceptors (Lipinski definition) is 3. The van der Waals surface area contributed by atoms with Gasteiger partial charge in [0.15, 0.2) is 0 Å². The highest BCUT2D eigenvalue weighted by molar-refractivity contribution is 5.82. The van der Waals surface area contributed by atoms with Crippen LogP contribution in [-0.4, -0.2) is 12.6 Å². The van der Waals surface area contributed by atoms with Crippen LogP contribution in [0.4, 0.5) is 0 Å². The average molecular weight is 155 g/mol. The van der Waals surface area contributed by atoms with Crippen LogP contribution in [0.5, 0.6) is 0 Å². The summed E-state index contributed by atoms with van der Waals surface area (Å²) in [5, 5.41) is 0. The van der Waals surface area contributed by atoms with Gasteiger partial charge in [-0.1, -0.05) is 6.08 Å². The highest BCUT2D eigenvalue weighted by Gasteiger charge is 1.89. The van der Waals surface area contributed by atoms with Crippen LogP contribution in [0.2, 0.25) is 0 Å². The lowest BCUT2D eigenvalue weighted by molar-refractivity contribution is -0.137. The number of carbonyl (C=O) groups excluding carboxylic acids is 1. The highest BCUT2D eigenvalue weighted by atomic mass is 16.5. The smallest absolute Gasteiger partial charge is 0.330 e. The van der Waals surface area contributed by atoms with Crippen LogP contribution >= 0.6 is 0 Å². The van der Waals surface area contributed by atoms with Crippen molar-refractivity contribution in [1.29, 1.82) is 0 Å². The van der Waals surface area contributed by atoms with E-state index in [2.05, 4.69) is 4.74 Å². The lowest BCUT2D eigenvalue weighted by Gasteiger charge is -1.92. The van der Waals surface area contributed by atoms with E-state index in [9.17, 15) is 4.79 Å². The normalized spacial score (nSPS) is 12.0. The molecular weight excluding hydrogens is 142 g/mol. The van der Waals surface area contributed by atoms with Crippen molar-refractivity contribution in [2.24, 2.45) is 5.73 Å². The molecule has 0 aliphatic rings. The van der Waals surface area contributed by atoms with Crippen molar-refractivity contribution >= 4 is 5.97 Å². The fraction of sp³-hybridized carbons (Fsp3) is 0.375. The van der Waals surface area contributed by atoms with E-state index in [4.69, 9.17) is 5.73 Å². The SMILES string of the molecule is CCOC(=O)/C=C/C=C(/C)N. The Bertz CT molecular complexity index is 179. The third kappa shape index (κ3) is 6.64. The lowest BCUT2D eigenvalue weighted by Crippen LogP contribution is -1.98. The van der Waals surface area contributed by atoms with E-state index >= 15 is 0 Å². The molecule has 0 amide bonds. The predicted molar refractivity (Wildman–Crippen MR) is 43.7 cm³/mol. The maximum atomic E-state index is 10.6. The molecule has 0 unspecified atom stereocenters. The first-order chi connectivity index (χ1) is 5.16. The summed E-state index contributed by atoms with van der Waals surface area (Å²) in [7, 11) is 0. The quantitative estimate of drug-likeness (QED) is 0.375. The number of hydrogen-bond donors (Lipinski definition) is 1. The summed E-state index contributed by atoms with van der Waals surface area (Å²) >= 11 is 0. The number of ether oxygens (including phenoxy) is 1. The molecule has 0 heterocycles. The number of rotatable bonds is 3. The first-order valence-electron chi connectivity index (χ1n) is 3.44. The number of carbonyl (C=O) groups is 1. The molecule has 2 N–H and O–H groups in total. The molecule has 62 valence electrons. The highest BCUT2D eigenvalue weighted by Crippen LogP contribution is 1.84. The Morgan fingerprint density at radius 1 is 1.64 bits per heavy atom. The third-order valence-corrected chi connectivity index (χ3v) is 0.878. The van der Waals surface area contributed by atoms with Gasteiger partial charge in [0.05, 0.1) is 6.61 Å². The second kappa shape index (κ2) is 5.53. The van der Waals surface area contributed by atoms with Gasteiger partial charge in [0, 0.05) is 11.8 Å². The number of allylic oxidation sites excluding steroid dienone is 3. The standard InChI is InChI=1S/C8H13NO2/c1-3-11-8(10)6-4-5-7(2)9/h4-6H,3,9H2,1-2H3/b6-4+,7-5-. The van der Waals surface area contributed by atoms with Crippen LogP contribution in [0, 0.1) is 0 Å². The molecule has 0 aromatic heterocycles. The van der Waals surface area contributed by atoms with Gasteiger partial charge in [0.2, 0.25) is 0 Å². The van der Waals surface area contributed by atoms with Gasteiger partial charge >= 0.3 is 5.97 Å². The minimum Gasteiger partial charge on any atom is -0.463 e. The summed E-state index contributed by atoms with van der Waals surface area (Å²) in [5.41, 5.74) is 5.97. The minimum absolute atomic E-state index is 0.343. The van der Waals surface area contributed by atoms with Crippen molar-refractivity contribution in [3.63, 3.8) is 0 Å². The van der Waals surface area contributed by atoms with Crippen LogP contribution in [0.15, 0.2) is 23.9 Å². The van der Waals surface area contributed by atoms with Gasteiger partial charge in [-0.15, -0.1) is 0 Å². The minimum atomic E-state index is -0.343. The molecule has 0 aromatic rings. The molecule has 3 heteroatoms. The molecule has 0 saturated carbocycles. The van der Waals surface area contributed by atoms with Crippen LogP contribution in [-0.2, 0) is 9.53 Å². The second-order valence-electron chi connectivity index (χ2n) is 2.02. The fourth-order valence-corrected chi connectivity index (χ4v) is 0.469. The van der Waals surface area contributed by atoms with Gasteiger partial charge in [-0.05, 0) is 19.9 Å². The van der Waals surface area contributed by atoms with E-state index in [1.807, 2.05) is 0 Å². The topological polar surface area (TPSA) is 52.3 Å². The van der Waals surface area contributed by atoms with Crippen molar-refractivity contribution in [2.75, 3.05) is 6.61 Å². The molecule has 0 saturated heterocycles. The summed E-state index contributed by atoms with van der Waals surface area (Å²) in [5.74, 6) is -0.343. The first-order valence-corrected chi connectivity index (χ1v) is 3.44. The predicted octanol–water partition coefficient (Wildman–Crippen LogP) is 0.968. The van der Waals surface area contributed by atoms with Gasteiger partial charge in [0.1, 0.15) is 0 Å². The van der Waals surface area contributed by atoms with Gasteiger partial charge in [-0.3, -0.25) is 0 Å². The molecule has 0 spiro atoms. The Kier molecular flexibility index (Phi) is 4.90. The molecule has 11 heavy (non-hydrogen) atoms. The van der Waals surface area contributed by atoms with Gasteiger partial charge in [0.25, 0.3) is 0 Å². The summed E-state index contributed by atoms with van der Waals surface area (Å²) < 4.78 is 4.63. The van der Waals surface area contributed by atoms with E-state index in [1.54, 1.807) is 26.0 Å². The van der Waals surface area contributed by atoms with E-state index in [1.165, 1.54) is 6.08 Å². The fourth-order valence-electron chi connectivity index (χ4n) is 0.469. The van der Waals surface area contributed by atoms with Crippen molar-refractivity contribution in [3.8, 4) is 0 Å². The van der Waals surface area contributed by atoms with Crippen LogP contribution < -0.4 is 5.73 Å². The molecule has 0 bridgehead atoms. The van der Waals surface area contributed by atoms with Gasteiger partial charge in [-0.2, -0.15) is 0 Å². The van der Waals surface area contributed by atoms with E-state index < -0.39 is 0 Å². The number of esters is 1. The van der Waals surface area contributed by atoms with Crippen molar-refractivity contribution in [1.82, 2.24) is 0 Å². The molecule has 0 radical (unpaired) electrons. The molecule has 0 atom stereocenters. The lowest BCUT2D eigenvalue weighted by atomic mass is 10.4. The molecule has 0 aliphatic heterocycles. The van der Waals surface area contributed by atoms with E-state index in [0.29, 0.717) is 12.3 Å². The first kappa shape index (κ1) is 9.75. The summed E-state index contributed by atoms with van der Waals surface area (Å²) in [6, 6.07) is 0. The Labute approximate surface area is 66.5 Å². The Balaban J connectivity index is 3.74.